The maximum absolute atomic E-state index is 12.8. The number of fused-ring (bicyclic) bond motifs is 3. The molecule has 1 N–H and O–H groups in total. The minimum atomic E-state index is -0.182. The Balaban J connectivity index is 1.67. The highest BCUT2D eigenvalue weighted by atomic mass is 16.3. The fraction of sp³-hybridized carbons (Fsp3) is 0.0909. The third-order valence-electron chi connectivity index (χ3n) is 4.40. The van der Waals surface area contributed by atoms with E-state index in [-0.39, 0.29) is 11.7 Å². The summed E-state index contributed by atoms with van der Waals surface area (Å²) < 4.78 is 5.79. The Labute approximate surface area is 150 Å². The summed E-state index contributed by atoms with van der Waals surface area (Å²) in [6.07, 6.45) is 0.410. The summed E-state index contributed by atoms with van der Waals surface area (Å²) in [6, 6.07) is 20.5. The van der Waals surface area contributed by atoms with Crippen LogP contribution in [0.4, 0.5) is 5.69 Å². The van der Waals surface area contributed by atoms with Crippen molar-refractivity contribution < 1.29 is 14.0 Å². The van der Waals surface area contributed by atoms with E-state index in [1.165, 1.54) is 0 Å². The topological polar surface area (TPSA) is 59.3 Å². The molecule has 128 valence electrons. The molecule has 0 fully saturated rings. The molecule has 4 nitrogen and oxygen atoms in total. The van der Waals surface area contributed by atoms with E-state index in [2.05, 4.69) is 5.32 Å². The van der Waals surface area contributed by atoms with Crippen LogP contribution in [0.1, 0.15) is 29.5 Å². The first-order chi connectivity index (χ1) is 12.7. The largest absolute Gasteiger partial charge is 0.453 e. The van der Waals surface area contributed by atoms with Crippen molar-refractivity contribution in [2.45, 2.75) is 13.3 Å². The number of carbonyl (C=O) groups is 2. The predicted octanol–water partition coefficient (Wildman–Crippen LogP) is 5.17. The Bertz CT molecular complexity index is 1120. The second-order valence-electron chi connectivity index (χ2n) is 6.12. The first kappa shape index (κ1) is 16.1. The van der Waals surface area contributed by atoms with Gasteiger partial charge in [-0.25, -0.2) is 0 Å². The van der Waals surface area contributed by atoms with Gasteiger partial charge >= 0.3 is 0 Å². The van der Waals surface area contributed by atoms with Crippen molar-refractivity contribution in [2.75, 3.05) is 5.32 Å². The number of hydrogen-bond donors (Lipinski definition) is 1. The zero-order valence-electron chi connectivity index (χ0n) is 14.3. The van der Waals surface area contributed by atoms with Crippen molar-refractivity contribution in [1.82, 2.24) is 0 Å². The Hall–Kier alpha value is -3.40. The molecule has 26 heavy (non-hydrogen) atoms. The monoisotopic (exact) mass is 343 g/mol. The van der Waals surface area contributed by atoms with Crippen LogP contribution in [0.15, 0.2) is 71.1 Å². The lowest BCUT2D eigenvalue weighted by atomic mass is 10.1. The first-order valence-corrected chi connectivity index (χ1v) is 8.51. The van der Waals surface area contributed by atoms with E-state index in [0.717, 1.165) is 16.2 Å². The van der Waals surface area contributed by atoms with Crippen LogP contribution >= 0.6 is 0 Å². The van der Waals surface area contributed by atoms with Crippen LogP contribution in [0.3, 0.4) is 0 Å². The molecule has 4 heteroatoms. The molecule has 0 aliphatic carbocycles. The molecular formula is C22H17NO3. The van der Waals surface area contributed by atoms with Gasteiger partial charge in [-0.2, -0.15) is 0 Å². The number of nitrogens with one attached hydrogen (secondary N) is 1. The Morgan fingerprint density at radius 3 is 2.46 bits per heavy atom. The van der Waals surface area contributed by atoms with Crippen LogP contribution in [0.5, 0.6) is 0 Å². The minimum absolute atomic E-state index is 0.0618. The van der Waals surface area contributed by atoms with E-state index in [1.807, 2.05) is 36.4 Å². The fourth-order valence-electron chi connectivity index (χ4n) is 3.00. The van der Waals surface area contributed by atoms with Gasteiger partial charge in [-0.3, -0.25) is 9.59 Å². The predicted molar refractivity (Wildman–Crippen MR) is 103 cm³/mol. The molecule has 0 saturated heterocycles. The molecule has 3 aromatic carbocycles. The number of ketones is 1. The van der Waals surface area contributed by atoms with E-state index in [4.69, 9.17) is 4.42 Å². The van der Waals surface area contributed by atoms with Crippen LogP contribution in [0, 0.1) is 0 Å². The fourth-order valence-corrected chi connectivity index (χ4v) is 3.00. The summed E-state index contributed by atoms with van der Waals surface area (Å²) in [6.45, 7) is 1.79. The van der Waals surface area contributed by atoms with E-state index in [1.54, 1.807) is 37.3 Å². The van der Waals surface area contributed by atoms with Crippen molar-refractivity contribution >= 4 is 39.1 Å². The smallest absolute Gasteiger partial charge is 0.228 e. The summed E-state index contributed by atoms with van der Waals surface area (Å²) in [5.41, 5.74) is 1.88. The van der Waals surface area contributed by atoms with Crippen molar-refractivity contribution in [3.05, 3.63) is 78.1 Å². The van der Waals surface area contributed by atoms with Gasteiger partial charge in [0, 0.05) is 23.1 Å². The van der Waals surface area contributed by atoms with Gasteiger partial charge in [0.25, 0.3) is 0 Å². The molecule has 0 unspecified atom stereocenters. The second kappa shape index (κ2) is 6.48. The lowest BCUT2D eigenvalue weighted by Crippen LogP contribution is -2.09. The number of furan rings is 1. The highest BCUT2D eigenvalue weighted by molar-refractivity contribution is 6.13. The zero-order valence-corrected chi connectivity index (χ0v) is 14.3. The third kappa shape index (κ3) is 2.86. The molecule has 0 spiro atoms. The molecule has 4 rings (SSSR count). The summed E-state index contributed by atoms with van der Waals surface area (Å²) in [5, 5.41) is 5.86. The van der Waals surface area contributed by atoms with Gasteiger partial charge in [0.1, 0.15) is 5.58 Å². The van der Waals surface area contributed by atoms with E-state index >= 15 is 0 Å². The number of carbonyl (C=O) groups excluding carboxylic acids is 2. The van der Waals surface area contributed by atoms with Crippen molar-refractivity contribution in [2.24, 2.45) is 0 Å². The molecule has 0 radical (unpaired) electrons. The van der Waals surface area contributed by atoms with Gasteiger partial charge < -0.3 is 9.73 Å². The molecule has 0 aliphatic heterocycles. The third-order valence-corrected chi connectivity index (χ3v) is 4.40. The second-order valence-corrected chi connectivity index (χ2v) is 6.12. The van der Waals surface area contributed by atoms with Crippen LogP contribution < -0.4 is 5.32 Å². The number of rotatable bonds is 4. The van der Waals surface area contributed by atoms with Crippen LogP contribution in [0.25, 0.3) is 21.7 Å². The number of anilines is 1. The van der Waals surface area contributed by atoms with E-state index < -0.39 is 0 Å². The van der Waals surface area contributed by atoms with Crippen LogP contribution in [-0.4, -0.2) is 11.7 Å². The van der Waals surface area contributed by atoms with Gasteiger partial charge in [-0.1, -0.05) is 37.3 Å². The molecule has 0 saturated carbocycles. The van der Waals surface area contributed by atoms with Gasteiger partial charge in [-0.15, -0.1) is 0 Å². The van der Waals surface area contributed by atoms with Crippen molar-refractivity contribution in [3.8, 4) is 0 Å². The Morgan fingerprint density at radius 1 is 0.923 bits per heavy atom. The lowest BCUT2D eigenvalue weighted by Gasteiger charge is -2.04. The van der Waals surface area contributed by atoms with Crippen molar-refractivity contribution in [1.29, 1.82) is 0 Å². The minimum Gasteiger partial charge on any atom is -0.453 e. The summed E-state index contributed by atoms with van der Waals surface area (Å²) in [4.78, 5) is 24.2. The highest BCUT2D eigenvalue weighted by Crippen LogP contribution is 2.29. The SMILES string of the molecule is CCC(=O)Nc1ccc(C(=O)c2cc3c(ccc4ccccc43)o2)cc1. The average molecular weight is 343 g/mol. The molecule has 0 atom stereocenters. The van der Waals surface area contributed by atoms with Crippen molar-refractivity contribution in [3.63, 3.8) is 0 Å². The Kier molecular flexibility index (Phi) is 4.01. The van der Waals surface area contributed by atoms with E-state index in [9.17, 15) is 9.59 Å². The van der Waals surface area contributed by atoms with Crippen LogP contribution in [-0.2, 0) is 4.79 Å². The molecular weight excluding hydrogens is 326 g/mol. The van der Waals surface area contributed by atoms with E-state index in [0.29, 0.717) is 29.0 Å². The van der Waals surface area contributed by atoms with Gasteiger partial charge in [0.05, 0.1) is 0 Å². The summed E-state index contributed by atoms with van der Waals surface area (Å²) >= 11 is 0. The number of hydrogen-bond acceptors (Lipinski definition) is 3. The number of benzene rings is 3. The summed E-state index contributed by atoms with van der Waals surface area (Å²) in [5.74, 6) is 0.0635. The maximum atomic E-state index is 12.8. The zero-order chi connectivity index (χ0) is 18.1. The molecule has 1 heterocycles. The molecule has 1 aromatic heterocycles. The van der Waals surface area contributed by atoms with Gasteiger partial charge in [0.2, 0.25) is 11.7 Å². The normalized spacial score (nSPS) is 11.0. The lowest BCUT2D eigenvalue weighted by molar-refractivity contribution is -0.115. The standard InChI is InChI=1S/C22H17NO3/c1-2-21(24)23-16-10-7-15(8-11-16)22(25)20-13-18-17-6-4-3-5-14(17)9-12-19(18)26-20/h3-13H,2H2,1H3,(H,23,24). The van der Waals surface area contributed by atoms with Crippen LogP contribution in [0.2, 0.25) is 0 Å². The quantitative estimate of drug-likeness (QED) is 0.520. The highest BCUT2D eigenvalue weighted by Gasteiger charge is 2.16. The first-order valence-electron chi connectivity index (χ1n) is 8.51. The molecule has 4 aromatic rings. The Morgan fingerprint density at radius 2 is 1.69 bits per heavy atom. The summed E-state index contributed by atoms with van der Waals surface area (Å²) in [7, 11) is 0. The molecule has 1 amide bonds. The molecule has 0 aliphatic rings. The number of amides is 1. The van der Waals surface area contributed by atoms with Gasteiger partial charge in [-0.05, 0) is 47.2 Å². The van der Waals surface area contributed by atoms with Gasteiger partial charge in [0.15, 0.2) is 5.76 Å². The molecule has 0 bridgehead atoms. The maximum Gasteiger partial charge on any atom is 0.228 e. The average Bonchev–Trinajstić information content (AvgIpc) is 3.13.